The summed E-state index contributed by atoms with van der Waals surface area (Å²) in [4.78, 5) is 11.5. The molecule has 0 aromatic heterocycles. The molecule has 2 saturated heterocycles. The Morgan fingerprint density at radius 1 is 1.28 bits per heavy atom. The number of aliphatic carboxylic acids is 1. The van der Waals surface area contributed by atoms with Crippen LogP contribution in [0.5, 0.6) is 11.5 Å². The number of carboxylic acid groups (broad SMARTS) is 1. The van der Waals surface area contributed by atoms with E-state index in [-0.39, 0.29) is 0 Å². The Morgan fingerprint density at radius 2 is 1.93 bits per heavy atom. The van der Waals surface area contributed by atoms with Crippen LogP contribution in [-0.2, 0) is 16.0 Å². The number of halogens is 3. The molecule has 1 aromatic carbocycles. The smallest absolute Gasteiger partial charge is 0.490 e. The molecule has 0 bridgehead atoms. The van der Waals surface area contributed by atoms with Crippen molar-refractivity contribution >= 4 is 5.97 Å². The second-order valence-corrected chi connectivity index (χ2v) is 7.31. The van der Waals surface area contributed by atoms with Crippen molar-refractivity contribution in [3.05, 3.63) is 23.8 Å². The average molecular weight is 419 g/mol. The minimum absolute atomic E-state index is 0.445. The number of benzene rings is 1. The number of methoxy groups -OCH3 is 2. The quantitative estimate of drug-likeness (QED) is 0.789. The number of nitrogens with zero attached hydrogens (tertiary/aromatic N) is 1. The van der Waals surface area contributed by atoms with Gasteiger partial charge in [-0.3, -0.25) is 0 Å². The molecule has 29 heavy (non-hydrogen) atoms. The second kappa shape index (κ2) is 10.2. The van der Waals surface area contributed by atoms with Gasteiger partial charge in [0.2, 0.25) is 0 Å². The summed E-state index contributed by atoms with van der Waals surface area (Å²) >= 11 is 0. The van der Waals surface area contributed by atoms with Crippen LogP contribution >= 0.6 is 0 Å². The lowest BCUT2D eigenvalue weighted by molar-refractivity contribution is -0.192. The van der Waals surface area contributed by atoms with Gasteiger partial charge in [-0.2, -0.15) is 13.2 Å². The van der Waals surface area contributed by atoms with Gasteiger partial charge in [-0.15, -0.1) is 0 Å². The van der Waals surface area contributed by atoms with Crippen molar-refractivity contribution in [1.82, 2.24) is 4.90 Å². The lowest BCUT2D eigenvalue weighted by atomic mass is 9.93. The summed E-state index contributed by atoms with van der Waals surface area (Å²) in [6.45, 7) is 5.64. The van der Waals surface area contributed by atoms with Gasteiger partial charge in [0, 0.05) is 25.6 Å². The van der Waals surface area contributed by atoms with Crippen LogP contribution in [0.4, 0.5) is 13.2 Å². The number of rotatable bonds is 5. The third-order valence-corrected chi connectivity index (χ3v) is 5.20. The van der Waals surface area contributed by atoms with Crippen molar-refractivity contribution in [3.63, 3.8) is 0 Å². The number of carboxylic acids is 1. The maximum Gasteiger partial charge on any atom is 0.490 e. The Labute approximate surface area is 168 Å². The maximum absolute atomic E-state index is 10.6. The van der Waals surface area contributed by atoms with Crippen molar-refractivity contribution in [3.8, 4) is 11.5 Å². The fourth-order valence-corrected chi connectivity index (χ4v) is 3.80. The third kappa shape index (κ3) is 6.78. The van der Waals surface area contributed by atoms with Crippen LogP contribution < -0.4 is 9.47 Å². The predicted octanol–water partition coefficient (Wildman–Crippen LogP) is 3.38. The third-order valence-electron chi connectivity index (χ3n) is 5.20. The van der Waals surface area contributed by atoms with Crippen LogP contribution in [0.3, 0.4) is 0 Å². The van der Waals surface area contributed by atoms with Crippen LogP contribution in [0.1, 0.15) is 25.3 Å². The summed E-state index contributed by atoms with van der Waals surface area (Å²) in [6.07, 6.45) is -0.680. The van der Waals surface area contributed by atoms with Crippen LogP contribution in [0, 0.1) is 5.92 Å². The standard InChI is InChI=1S/C18H27NO3.C2HF3O2/c1-13-10-15-12-19(9-7-16(15)22-13)8-6-14-4-5-17(20-2)18(11-14)21-3;3-2(4,5)1(6)7/h4-5,11,13,15-16H,6-10,12H2,1-3H3;(H,6,7)/t13-,15-,16-;/m0./s1. The summed E-state index contributed by atoms with van der Waals surface area (Å²) in [5.74, 6) is -0.414. The summed E-state index contributed by atoms with van der Waals surface area (Å²) < 4.78 is 48.4. The molecule has 9 heteroatoms. The molecule has 2 aliphatic heterocycles. The van der Waals surface area contributed by atoms with Crippen LogP contribution in [-0.4, -0.2) is 68.2 Å². The first kappa shape index (κ1) is 23.3. The first-order chi connectivity index (χ1) is 13.6. The number of hydrogen-bond acceptors (Lipinski definition) is 5. The number of hydrogen-bond donors (Lipinski definition) is 1. The summed E-state index contributed by atoms with van der Waals surface area (Å²) in [6, 6.07) is 6.22. The van der Waals surface area contributed by atoms with E-state index in [1.165, 1.54) is 24.9 Å². The van der Waals surface area contributed by atoms with E-state index in [9.17, 15) is 13.2 Å². The zero-order chi connectivity index (χ0) is 21.6. The molecule has 0 unspecified atom stereocenters. The topological polar surface area (TPSA) is 68.2 Å². The number of fused-ring (bicyclic) bond motifs is 1. The van der Waals surface area contributed by atoms with Gasteiger partial charge in [0.15, 0.2) is 11.5 Å². The fraction of sp³-hybridized carbons (Fsp3) is 0.650. The zero-order valence-electron chi connectivity index (χ0n) is 16.9. The van der Waals surface area contributed by atoms with E-state index in [4.69, 9.17) is 24.1 Å². The normalized spacial score (nSPS) is 24.3. The number of likely N-dealkylation sites (tertiary alicyclic amines) is 1. The van der Waals surface area contributed by atoms with Gasteiger partial charge < -0.3 is 24.2 Å². The molecule has 0 spiro atoms. The zero-order valence-corrected chi connectivity index (χ0v) is 16.9. The summed E-state index contributed by atoms with van der Waals surface area (Å²) in [7, 11) is 3.36. The Morgan fingerprint density at radius 3 is 2.52 bits per heavy atom. The second-order valence-electron chi connectivity index (χ2n) is 7.31. The molecule has 3 rings (SSSR count). The SMILES string of the molecule is COc1ccc(CCN2CC[C@@H]3O[C@@H](C)C[C@H]3C2)cc1OC.O=C(O)C(F)(F)F. The molecule has 2 aliphatic rings. The van der Waals surface area contributed by atoms with Crippen molar-refractivity contribution in [2.75, 3.05) is 33.9 Å². The lowest BCUT2D eigenvalue weighted by Crippen LogP contribution is -2.42. The summed E-state index contributed by atoms with van der Waals surface area (Å²) in [5, 5.41) is 7.12. The van der Waals surface area contributed by atoms with E-state index < -0.39 is 12.1 Å². The lowest BCUT2D eigenvalue weighted by Gasteiger charge is -2.34. The van der Waals surface area contributed by atoms with Gasteiger partial charge in [-0.1, -0.05) is 6.07 Å². The van der Waals surface area contributed by atoms with Gasteiger partial charge in [0.1, 0.15) is 0 Å². The minimum atomic E-state index is -5.08. The Bertz CT molecular complexity index is 683. The van der Waals surface area contributed by atoms with Crippen molar-refractivity contribution < 1.29 is 37.3 Å². The molecule has 1 aromatic rings. The van der Waals surface area contributed by atoms with E-state index in [1.807, 2.05) is 6.07 Å². The molecule has 0 radical (unpaired) electrons. The van der Waals surface area contributed by atoms with E-state index >= 15 is 0 Å². The highest BCUT2D eigenvalue weighted by atomic mass is 19.4. The van der Waals surface area contributed by atoms with E-state index in [2.05, 4.69) is 24.0 Å². The van der Waals surface area contributed by atoms with Gasteiger partial charge in [-0.25, -0.2) is 4.79 Å². The van der Waals surface area contributed by atoms with Gasteiger partial charge in [-0.05, 0) is 43.9 Å². The molecule has 2 heterocycles. The van der Waals surface area contributed by atoms with Gasteiger partial charge in [0.05, 0.1) is 26.4 Å². The molecule has 1 N–H and O–H groups in total. The Balaban J connectivity index is 0.000000370. The van der Waals surface area contributed by atoms with Crippen molar-refractivity contribution in [1.29, 1.82) is 0 Å². The highest BCUT2D eigenvalue weighted by Crippen LogP contribution is 2.33. The fourth-order valence-electron chi connectivity index (χ4n) is 3.80. The highest BCUT2D eigenvalue weighted by Gasteiger charge is 2.38. The monoisotopic (exact) mass is 419 g/mol. The number of piperidine rings is 1. The molecular weight excluding hydrogens is 391 g/mol. The average Bonchev–Trinajstić information content (AvgIpc) is 3.05. The molecule has 2 fully saturated rings. The first-order valence-corrected chi connectivity index (χ1v) is 9.52. The van der Waals surface area contributed by atoms with E-state index in [1.54, 1.807) is 14.2 Å². The molecule has 0 amide bonds. The molecular formula is C20H28F3NO5. The largest absolute Gasteiger partial charge is 0.493 e. The predicted molar refractivity (Wildman–Crippen MR) is 100 cm³/mol. The van der Waals surface area contributed by atoms with Gasteiger partial charge in [0.25, 0.3) is 0 Å². The maximum atomic E-state index is 10.6. The molecule has 164 valence electrons. The molecule has 0 aliphatic carbocycles. The van der Waals surface area contributed by atoms with Gasteiger partial charge >= 0.3 is 12.1 Å². The molecule has 6 nitrogen and oxygen atoms in total. The van der Waals surface area contributed by atoms with Crippen LogP contribution in [0.2, 0.25) is 0 Å². The van der Waals surface area contributed by atoms with Crippen molar-refractivity contribution in [2.24, 2.45) is 5.92 Å². The highest BCUT2D eigenvalue weighted by molar-refractivity contribution is 5.73. The van der Waals surface area contributed by atoms with Crippen molar-refractivity contribution in [2.45, 2.75) is 44.6 Å². The van der Waals surface area contributed by atoms with E-state index in [0.29, 0.717) is 12.2 Å². The van der Waals surface area contributed by atoms with Crippen LogP contribution in [0.15, 0.2) is 18.2 Å². The Hall–Kier alpha value is -2.00. The molecule has 0 saturated carbocycles. The number of carbonyl (C=O) groups is 1. The van der Waals surface area contributed by atoms with Crippen LogP contribution in [0.25, 0.3) is 0 Å². The Kier molecular flexibility index (Phi) is 8.15. The molecule has 3 atom stereocenters. The summed E-state index contributed by atoms with van der Waals surface area (Å²) in [5.41, 5.74) is 1.30. The minimum Gasteiger partial charge on any atom is -0.493 e. The number of alkyl halides is 3. The van der Waals surface area contributed by atoms with E-state index in [0.717, 1.165) is 36.9 Å². The number of ether oxygens (including phenoxy) is 3. The first-order valence-electron chi connectivity index (χ1n) is 9.52.